The molecule has 4 aromatic rings. The van der Waals surface area contributed by atoms with Gasteiger partial charge in [0.05, 0.1) is 10.4 Å². The first-order chi connectivity index (χ1) is 14.9. The number of fused-ring (bicyclic) bond motifs is 2. The lowest BCUT2D eigenvalue weighted by molar-refractivity contribution is 0.585. The molecule has 1 fully saturated rings. The number of nitrogens with one attached hydrogen (secondary N) is 1. The van der Waals surface area contributed by atoms with Crippen LogP contribution in [-0.2, 0) is 10.0 Å². The van der Waals surface area contributed by atoms with Gasteiger partial charge in [0.15, 0.2) is 0 Å². The van der Waals surface area contributed by atoms with E-state index >= 15 is 0 Å². The molecule has 0 saturated carbocycles. The van der Waals surface area contributed by atoms with Crippen molar-refractivity contribution in [2.45, 2.75) is 18.7 Å². The van der Waals surface area contributed by atoms with Gasteiger partial charge < -0.3 is 10.2 Å². The Morgan fingerprint density at radius 3 is 2.39 bits per heavy atom. The number of aryl methyl sites for hydroxylation is 2. The molecule has 160 valence electrons. The van der Waals surface area contributed by atoms with Gasteiger partial charge in [-0.3, -0.25) is 0 Å². The minimum atomic E-state index is -3.85. The minimum absolute atomic E-state index is 0.319. The van der Waals surface area contributed by atoms with Crippen LogP contribution in [0.15, 0.2) is 59.6 Å². The van der Waals surface area contributed by atoms with Crippen LogP contribution in [0.3, 0.4) is 0 Å². The van der Waals surface area contributed by atoms with Crippen LogP contribution in [0.2, 0.25) is 5.02 Å². The summed E-state index contributed by atoms with van der Waals surface area (Å²) in [5.74, 6) is 0. The van der Waals surface area contributed by atoms with Crippen molar-refractivity contribution in [2.24, 2.45) is 0 Å². The molecule has 3 aromatic carbocycles. The van der Waals surface area contributed by atoms with Crippen molar-refractivity contribution < 1.29 is 8.42 Å². The summed E-state index contributed by atoms with van der Waals surface area (Å²) in [7, 11) is -3.85. The molecule has 7 heteroatoms. The second kappa shape index (κ2) is 7.55. The number of nitrogens with zero attached hydrogens (tertiary/aromatic N) is 2. The van der Waals surface area contributed by atoms with E-state index in [2.05, 4.69) is 17.1 Å². The third-order valence-corrected chi connectivity index (χ3v) is 8.12. The quantitative estimate of drug-likeness (QED) is 0.488. The Balaban J connectivity index is 1.80. The first kappa shape index (κ1) is 20.4. The molecule has 31 heavy (non-hydrogen) atoms. The van der Waals surface area contributed by atoms with E-state index in [1.54, 1.807) is 18.3 Å². The highest BCUT2D eigenvalue weighted by molar-refractivity contribution is 7.90. The van der Waals surface area contributed by atoms with Gasteiger partial charge in [-0.15, -0.1) is 0 Å². The third kappa shape index (κ3) is 3.30. The van der Waals surface area contributed by atoms with Crippen LogP contribution in [0.4, 0.5) is 5.69 Å². The molecule has 0 bridgehead atoms. The molecule has 1 saturated heterocycles. The van der Waals surface area contributed by atoms with Crippen molar-refractivity contribution in [3.63, 3.8) is 0 Å². The Kier molecular flexibility index (Phi) is 4.96. The predicted octanol–water partition coefficient (Wildman–Crippen LogP) is 4.71. The maximum atomic E-state index is 14.0. The van der Waals surface area contributed by atoms with Crippen LogP contribution in [-0.4, -0.2) is 38.6 Å². The molecule has 1 aliphatic heterocycles. The van der Waals surface area contributed by atoms with E-state index in [1.807, 2.05) is 43.3 Å². The van der Waals surface area contributed by atoms with Crippen molar-refractivity contribution in [1.29, 1.82) is 0 Å². The predicted molar refractivity (Wildman–Crippen MR) is 128 cm³/mol. The molecule has 0 radical (unpaired) electrons. The van der Waals surface area contributed by atoms with E-state index in [0.717, 1.165) is 59.2 Å². The molecule has 1 N–H and O–H groups in total. The summed E-state index contributed by atoms with van der Waals surface area (Å²) in [5, 5.41) is 6.45. The number of piperazine rings is 1. The molecule has 2 heterocycles. The average Bonchev–Trinajstić information content (AvgIpc) is 3.11. The van der Waals surface area contributed by atoms with E-state index in [-0.39, 0.29) is 0 Å². The summed E-state index contributed by atoms with van der Waals surface area (Å²) in [6.45, 7) is 7.45. The smallest absolute Gasteiger partial charge is 0.268 e. The summed E-state index contributed by atoms with van der Waals surface area (Å²) in [5.41, 5.74) is 3.57. The normalized spacial score (nSPS) is 15.1. The Labute approximate surface area is 187 Å². The first-order valence-electron chi connectivity index (χ1n) is 10.4. The van der Waals surface area contributed by atoms with Gasteiger partial charge in [-0.2, -0.15) is 0 Å². The summed E-state index contributed by atoms with van der Waals surface area (Å²) in [6.07, 6.45) is 1.69. The molecular weight excluding hydrogens is 430 g/mol. The zero-order chi connectivity index (χ0) is 21.8. The summed E-state index contributed by atoms with van der Waals surface area (Å²) >= 11 is 6.22. The van der Waals surface area contributed by atoms with E-state index in [1.165, 1.54) is 3.97 Å². The third-order valence-electron chi connectivity index (χ3n) is 6.18. The summed E-state index contributed by atoms with van der Waals surface area (Å²) in [4.78, 5) is 2.59. The van der Waals surface area contributed by atoms with Crippen LogP contribution in [0.1, 0.15) is 11.1 Å². The van der Waals surface area contributed by atoms with Crippen molar-refractivity contribution in [3.8, 4) is 0 Å². The molecule has 0 spiro atoms. The highest BCUT2D eigenvalue weighted by Gasteiger charge is 2.26. The molecule has 1 aromatic heterocycles. The van der Waals surface area contributed by atoms with Crippen LogP contribution in [0, 0.1) is 13.8 Å². The van der Waals surface area contributed by atoms with E-state index in [0.29, 0.717) is 15.4 Å². The number of benzene rings is 3. The van der Waals surface area contributed by atoms with Gasteiger partial charge in [0.2, 0.25) is 0 Å². The van der Waals surface area contributed by atoms with Crippen molar-refractivity contribution in [2.75, 3.05) is 31.1 Å². The Hall–Kier alpha value is -2.54. The number of hydrogen-bond acceptors (Lipinski definition) is 4. The molecule has 0 atom stereocenters. The monoisotopic (exact) mass is 453 g/mol. The number of halogens is 1. The minimum Gasteiger partial charge on any atom is -0.369 e. The average molecular weight is 454 g/mol. The highest BCUT2D eigenvalue weighted by Crippen LogP contribution is 2.36. The lowest BCUT2D eigenvalue weighted by atomic mass is 10.0. The standard InChI is InChI=1S/C24H24ClN3O2S/c1-16-15-28(23-13-18(25)7-8-19(16)23)31(29,30)24-14-22(27-11-9-26-10-12-27)17(2)20-5-3-4-6-21(20)24/h3-8,13-15,26H,9-12H2,1-2H3. The topological polar surface area (TPSA) is 54.3 Å². The van der Waals surface area contributed by atoms with Crippen LogP contribution >= 0.6 is 11.6 Å². The van der Waals surface area contributed by atoms with Crippen molar-refractivity contribution in [1.82, 2.24) is 9.29 Å². The molecule has 5 rings (SSSR count). The highest BCUT2D eigenvalue weighted by atomic mass is 35.5. The van der Waals surface area contributed by atoms with E-state index < -0.39 is 10.0 Å². The molecule has 0 amide bonds. The SMILES string of the molecule is Cc1c(N2CCNCC2)cc(S(=O)(=O)n2cc(C)c3ccc(Cl)cc32)c2ccccc12. The number of hydrogen-bond donors (Lipinski definition) is 1. The first-order valence-corrected chi connectivity index (χ1v) is 12.2. The Morgan fingerprint density at radius 1 is 0.935 bits per heavy atom. The zero-order valence-corrected chi connectivity index (χ0v) is 19.1. The number of aromatic nitrogens is 1. The van der Waals surface area contributed by atoms with Gasteiger partial charge in [0.25, 0.3) is 10.0 Å². The van der Waals surface area contributed by atoms with Gasteiger partial charge in [-0.1, -0.05) is 41.9 Å². The number of anilines is 1. The van der Waals surface area contributed by atoms with Crippen molar-refractivity contribution >= 4 is 49.0 Å². The maximum absolute atomic E-state index is 14.0. The zero-order valence-electron chi connectivity index (χ0n) is 17.5. The van der Waals surface area contributed by atoms with Crippen LogP contribution in [0.25, 0.3) is 21.7 Å². The van der Waals surface area contributed by atoms with Gasteiger partial charge in [-0.05, 0) is 48.6 Å². The molecule has 1 aliphatic rings. The lowest BCUT2D eigenvalue weighted by Crippen LogP contribution is -2.43. The molecular formula is C24H24ClN3O2S. The second-order valence-corrected chi connectivity index (χ2v) is 10.3. The van der Waals surface area contributed by atoms with Crippen molar-refractivity contribution in [3.05, 3.63) is 70.9 Å². The van der Waals surface area contributed by atoms with Crippen LogP contribution < -0.4 is 10.2 Å². The van der Waals surface area contributed by atoms with Gasteiger partial charge >= 0.3 is 0 Å². The van der Waals surface area contributed by atoms with E-state index in [9.17, 15) is 8.42 Å². The van der Waals surface area contributed by atoms with Gasteiger partial charge in [0.1, 0.15) is 0 Å². The van der Waals surface area contributed by atoms with Crippen LogP contribution in [0.5, 0.6) is 0 Å². The fourth-order valence-corrected chi connectivity index (χ4v) is 6.36. The molecule has 0 unspecified atom stereocenters. The fraction of sp³-hybridized carbons (Fsp3) is 0.250. The van der Waals surface area contributed by atoms with Gasteiger partial charge in [-0.25, -0.2) is 12.4 Å². The lowest BCUT2D eigenvalue weighted by Gasteiger charge is -2.31. The Morgan fingerprint density at radius 2 is 1.65 bits per heavy atom. The summed E-state index contributed by atoms with van der Waals surface area (Å²) < 4.78 is 29.4. The van der Waals surface area contributed by atoms with E-state index in [4.69, 9.17) is 11.6 Å². The van der Waals surface area contributed by atoms with Gasteiger partial charge in [0, 0.05) is 53.9 Å². The largest absolute Gasteiger partial charge is 0.369 e. The molecule has 5 nitrogen and oxygen atoms in total. The second-order valence-electron chi connectivity index (χ2n) is 8.08. The number of rotatable bonds is 3. The fourth-order valence-electron chi connectivity index (χ4n) is 4.56. The maximum Gasteiger partial charge on any atom is 0.268 e. The Bertz CT molecular complexity index is 1420. The summed E-state index contributed by atoms with van der Waals surface area (Å²) in [6, 6.07) is 15.0. The molecule has 0 aliphatic carbocycles.